The molecule has 1 amide bonds. The van der Waals surface area contributed by atoms with E-state index >= 15 is 0 Å². The van der Waals surface area contributed by atoms with Gasteiger partial charge in [-0.2, -0.15) is 0 Å². The van der Waals surface area contributed by atoms with Crippen LogP contribution in [0.15, 0.2) is 10.6 Å². The fourth-order valence-corrected chi connectivity index (χ4v) is 0.946. The highest BCUT2D eigenvalue weighted by Gasteiger charge is 2.12. The molecule has 0 aromatic carbocycles. The van der Waals surface area contributed by atoms with E-state index in [4.69, 9.17) is 23.2 Å². The van der Waals surface area contributed by atoms with Crippen LogP contribution in [-0.4, -0.2) is 24.5 Å². The molecular formula is C9H16Cl2N2O. The first-order chi connectivity index (χ1) is 6.47. The zero-order valence-corrected chi connectivity index (χ0v) is 10.1. The van der Waals surface area contributed by atoms with Gasteiger partial charge >= 0.3 is 0 Å². The molecule has 0 saturated heterocycles. The summed E-state index contributed by atoms with van der Waals surface area (Å²) in [6.45, 7) is 6.00. The number of hydrogen-bond donors (Lipinski definition) is 2. The Morgan fingerprint density at radius 3 is 2.43 bits per heavy atom. The maximum Gasteiger partial charge on any atom is 0.237 e. The molecule has 0 radical (unpaired) electrons. The summed E-state index contributed by atoms with van der Waals surface area (Å²) >= 11 is 11.0. The van der Waals surface area contributed by atoms with Crippen LogP contribution in [0.5, 0.6) is 0 Å². The van der Waals surface area contributed by atoms with Crippen molar-refractivity contribution >= 4 is 29.1 Å². The smallest absolute Gasteiger partial charge is 0.237 e. The maximum absolute atomic E-state index is 11.4. The first-order valence-corrected chi connectivity index (χ1v) is 5.27. The molecule has 0 aromatic rings. The number of carbonyl (C=O) groups excluding carboxylic acids is 1. The lowest BCUT2D eigenvalue weighted by Crippen LogP contribution is -2.44. The van der Waals surface area contributed by atoms with Crippen molar-refractivity contribution in [3.05, 3.63) is 10.6 Å². The monoisotopic (exact) mass is 238 g/mol. The molecule has 14 heavy (non-hydrogen) atoms. The standard InChI is InChI=1S/C9H16Cl2N2O/c1-6(2)13-9(14)7(3)12-5-8(11)4-10/h4,6-7,12H,5H2,1-3H3,(H,13,14). The molecule has 0 fully saturated rings. The summed E-state index contributed by atoms with van der Waals surface area (Å²) in [5.41, 5.74) is 1.28. The van der Waals surface area contributed by atoms with Gasteiger partial charge in [-0.25, -0.2) is 0 Å². The Balaban J connectivity index is 3.84. The van der Waals surface area contributed by atoms with Crippen molar-refractivity contribution in [1.82, 2.24) is 10.6 Å². The van der Waals surface area contributed by atoms with Crippen LogP contribution in [0.3, 0.4) is 0 Å². The van der Waals surface area contributed by atoms with Gasteiger partial charge in [0.15, 0.2) is 0 Å². The Labute approximate surface area is 94.8 Å². The molecule has 0 rings (SSSR count). The zero-order valence-electron chi connectivity index (χ0n) is 8.60. The van der Waals surface area contributed by atoms with Crippen molar-refractivity contribution in [2.75, 3.05) is 6.54 Å². The van der Waals surface area contributed by atoms with E-state index in [0.717, 1.165) is 0 Å². The third-order valence-electron chi connectivity index (χ3n) is 1.52. The summed E-state index contributed by atoms with van der Waals surface area (Å²) in [6.07, 6.45) is 0. The average molecular weight is 239 g/mol. The second kappa shape index (κ2) is 7.10. The molecule has 82 valence electrons. The number of amides is 1. The van der Waals surface area contributed by atoms with Gasteiger partial charge in [-0.05, 0) is 20.8 Å². The molecule has 0 aliphatic heterocycles. The third-order valence-corrected chi connectivity index (χ3v) is 2.14. The summed E-state index contributed by atoms with van der Waals surface area (Å²) in [4.78, 5) is 11.4. The lowest BCUT2D eigenvalue weighted by atomic mass is 10.3. The van der Waals surface area contributed by atoms with Gasteiger partial charge in [-0.3, -0.25) is 4.79 Å². The van der Waals surface area contributed by atoms with Crippen molar-refractivity contribution in [3.8, 4) is 0 Å². The van der Waals surface area contributed by atoms with Crippen molar-refractivity contribution in [1.29, 1.82) is 0 Å². The number of carbonyl (C=O) groups is 1. The molecule has 0 saturated carbocycles. The van der Waals surface area contributed by atoms with Gasteiger partial charge < -0.3 is 10.6 Å². The van der Waals surface area contributed by atoms with E-state index in [1.54, 1.807) is 6.92 Å². The maximum atomic E-state index is 11.4. The first kappa shape index (κ1) is 13.8. The van der Waals surface area contributed by atoms with E-state index in [-0.39, 0.29) is 18.0 Å². The summed E-state index contributed by atoms with van der Waals surface area (Å²) in [6, 6.07) is -0.131. The van der Waals surface area contributed by atoms with Crippen molar-refractivity contribution in [3.63, 3.8) is 0 Å². The molecule has 0 aliphatic carbocycles. The van der Waals surface area contributed by atoms with Crippen molar-refractivity contribution in [2.24, 2.45) is 0 Å². The molecule has 3 nitrogen and oxygen atoms in total. The fraction of sp³-hybridized carbons (Fsp3) is 0.667. The third kappa shape index (κ3) is 6.24. The van der Waals surface area contributed by atoms with Gasteiger partial charge in [0.05, 0.1) is 6.04 Å². The second-order valence-electron chi connectivity index (χ2n) is 3.32. The van der Waals surface area contributed by atoms with Crippen LogP contribution in [0, 0.1) is 0 Å². The molecule has 0 spiro atoms. The molecule has 0 aliphatic rings. The number of rotatable bonds is 5. The largest absolute Gasteiger partial charge is 0.353 e. The van der Waals surface area contributed by atoms with Crippen LogP contribution in [0.25, 0.3) is 0 Å². The molecule has 5 heteroatoms. The van der Waals surface area contributed by atoms with E-state index in [0.29, 0.717) is 11.6 Å². The molecule has 1 atom stereocenters. The van der Waals surface area contributed by atoms with Gasteiger partial charge in [0, 0.05) is 23.2 Å². The normalized spacial score (nSPS) is 14.3. The van der Waals surface area contributed by atoms with Gasteiger partial charge in [0.1, 0.15) is 0 Å². The van der Waals surface area contributed by atoms with Gasteiger partial charge in [-0.1, -0.05) is 23.2 Å². The van der Waals surface area contributed by atoms with Gasteiger partial charge in [0.2, 0.25) is 5.91 Å². The SMILES string of the molecule is CC(C)NC(=O)C(C)NCC(Cl)=CCl. The highest BCUT2D eigenvalue weighted by molar-refractivity contribution is 6.36. The Hall–Kier alpha value is -0.250. The number of halogens is 2. The molecule has 0 heterocycles. The Kier molecular flexibility index (Phi) is 6.97. The summed E-state index contributed by atoms with van der Waals surface area (Å²) in [5, 5.41) is 6.21. The average Bonchev–Trinajstić information content (AvgIpc) is 2.12. The fourth-order valence-electron chi connectivity index (χ4n) is 0.791. The zero-order chi connectivity index (χ0) is 11.1. The van der Waals surface area contributed by atoms with Crippen LogP contribution >= 0.6 is 23.2 Å². The Bertz CT molecular complexity index is 217. The highest BCUT2D eigenvalue weighted by atomic mass is 35.5. The van der Waals surface area contributed by atoms with E-state index in [1.165, 1.54) is 5.54 Å². The highest BCUT2D eigenvalue weighted by Crippen LogP contribution is 2.01. The summed E-state index contributed by atoms with van der Waals surface area (Å²) < 4.78 is 0. The molecule has 0 bridgehead atoms. The van der Waals surface area contributed by atoms with Crippen LogP contribution < -0.4 is 10.6 Å². The minimum absolute atomic E-state index is 0.0426. The van der Waals surface area contributed by atoms with Crippen LogP contribution in [0.4, 0.5) is 0 Å². The Morgan fingerprint density at radius 1 is 1.43 bits per heavy atom. The van der Waals surface area contributed by atoms with Gasteiger partial charge in [0.25, 0.3) is 0 Å². The minimum atomic E-state index is -0.275. The van der Waals surface area contributed by atoms with Crippen molar-refractivity contribution < 1.29 is 4.79 Å². The van der Waals surface area contributed by atoms with Crippen LogP contribution in [-0.2, 0) is 4.79 Å². The molecule has 0 aromatic heterocycles. The summed E-state index contributed by atoms with van der Waals surface area (Å²) in [5.74, 6) is -0.0426. The molecule has 2 N–H and O–H groups in total. The topological polar surface area (TPSA) is 41.1 Å². The van der Waals surface area contributed by atoms with Crippen LogP contribution in [0.2, 0.25) is 0 Å². The lowest BCUT2D eigenvalue weighted by Gasteiger charge is -2.15. The number of hydrogen-bond acceptors (Lipinski definition) is 2. The van der Waals surface area contributed by atoms with E-state index in [1.807, 2.05) is 13.8 Å². The van der Waals surface area contributed by atoms with E-state index < -0.39 is 0 Å². The predicted molar refractivity (Wildman–Crippen MR) is 60.5 cm³/mol. The lowest BCUT2D eigenvalue weighted by molar-refractivity contribution is -0.123. The first-order valence-electron chi connectivity index (χ1n) is 4.46. The van der Waals surface area contributed by atoms with E-state index in [9.17, 15) is 4.79 Å². The Morgan fingerprint density at radius 2 is 2.00 bits per heavy atom. The predicted octanol–water partition coefficient (Wildman–Crippen LogP) is 1.81. The quantitative estimate of drug-likeness (QED) is 0.768. The van der Waals surface area contributed by atoms with E-state index in [2.05, 4.69) is 10.6 Å². The summed E-state index contributed by atoms with van der Waals surface area (Å²) in [7, 11) is 0. The second-order valence-corrected chi connectivity index (χ2v) is 4.03. The van der Waals surface area contributed by atoms with Gasteiger partial charge in [-0.15, -0.1) is 0 Å². The molecular weight excluding hydrogens is 223 g/mol. The minimum Gasteiger partial charge on any atom is -0.353 e. The van der Waals surface area contributed by atoms with Crippen molar-refractivity contribution in [2.45, 2.75) is 32.9 Å². The van der Waals surface area contributed by atoms with Crippen LogP contribution in [0.1, 0.15) is 20.8 Å². The molecule has 1 unspecified atom stereocenters. The number of nitrogens with one attached hydrogen (secondary N) is 2.